The zero-order valence-electron chi connectivity index (χ0n) is 7.29. The van der Waals surface area contributed by atoms with Gasteiger partial charge in [-0.2, -0.15) is 0 Å². The highest BCUT2D eigenvalue weighted by atomic mass is 14.7. The Balaban J connectivity index is 3.02. The Bertz CT molecular complexity index is 134. The normalized spacial score (nSPS) is 11.4. The van der Waals surface area contributed by atoms with Gasteiger partial charge in [0.1, 0.15) is 0 Å². The molecule has 0 aliphatic carbocycles. The molecule has 0 radical (unpaired) electrons. The van der Waals surface area contributed by atoms with Crippen molar-refractivity contribution in [3.8, 4) is 0 Å². The van der Waals surface area contributed by atoms with Crippen LogP contribution in [0.25, 0.3) is 0 Å². The van der Waals surface area contributed by atoms with Gasteiger partial charge in [0, 0.05) is 6.54 Å². The second-order valence-corrected chi connectivity index (χ2v) is 2.32. The Morgan fingerprint density at radius 3 is 2.82 bits per heavy atom. The van der Waals surface area contributed by atoms with Gasteiger partial charge >= 0.3 is 0 Å². The van der Waals surface area contributed by atoms with Crippen molar-refractivity contribution < 1.29 is 0 Å². The van der Waals surface area contributed by atoms with E-state index in [1.54, 1.807) is 0 Å². The van der Waals surface area contributed by atoms with Gasteiger partial charge in [-0.25, -0.2) is 0 Å². The summed E-state index contributed by atoms with van der Waals surface area (Å²) in [6, 6.07) is 0. The Labute approximate surface area is 69.5 Å². The van der Waals surface area contributed by atoms with Crippen LogP contribution in [-0.2, 0) is 0 Å². The first-order valence-electron chi connectivity index (χ1n) is 4.13. The molecule has 0 saturated heterocycles. The van der Waals surface area contributed by atoms with Crippen molar-refractivity contribution in [1.29, 1.82) is 0 Å². The van der Waals surface area contributed by atoms with E-state index in [9.17, 15) is 0 Å². The maximum absolute atomic E-state index is 4.12. The lowest BCUT2D eigenvalue weighted by atomic mass is 10.2. The third-order valence-corrected chi connectivity index (χ3v) is 1.36. The summed E-state index contributed by atoms with van der Waals surface area (Å²) >= 11 is 0. The van der Waals surface area contributed by atoms with Gasteiger partial charge in [0.25, 0.3) is 0 Å². The topological polar surface area (TPSA) is 12.4 Å². The SMILES string of the molecule is C=C/C=C/CCCCN=CC. The molecule has 1 heteroatoms. The van der Waals surface area contributed by atoms with Crippen molar-refractivity contribution in [3.63, 3.8) is 0 Å². The molecule has 11 heavy (non-hydrogen) atoms. The van der Waals surface area contributed by atoms with Crippen LogP contribution in [0.3, 0.4) is 0 Å². The van der Waals surface area contributed by atoms with E-state index in [1.165, 1.54) is 12.8 Å². The monoisotopic (exact) mass is 151 g/mol. The molecule has 0 aromatic carbocycles. The predicted molar refractivity (Wildman–Crippen MR) is 52.2 cm³/mol. The van der Waals surface area contributed by atoms with Crippen molar-refractivity contribution >= 4 is 6.21 Å². The highest BCUT2D eigenvalue weighted by Gasteiger charge is 1.81. The number of hydrogen-bond donors (Lipinski definition) is 0. The van der Waals surface area contributed by atoms with Crippen LogP contribution in [0.1, 0.15) is 26.2 Å². The molecule has 0 bridgehead atoms. The van der Waals surface area contributed by atoms with E-state index < -0.39 is 0 Å². The van der Waals surface area contributed by atoms with Crippen LogP contribution in [0, 0.1) is 0 Å². The fourth-order valence-electron chi connectivity index (χ4n) is 0.787. The van der Waals surface area contributed by atoms with E-state index in [1.807, 2.05) is 25.3 Å². The van der Waals surface area contributed by atoms with E-state index in [0.29, 0.717) is 0 Å². The average molecular weight is 151 g/mol. The summed E-state index contributed by atoms with van der Waals surface area (Å²) in [4.78, 5) is 4.12. The number of unbranched alkanes of at least 4 members (excludes halogenated alkanes) is 2. The van der Waals surface area contributed by atoms with Crippen molar-refractivity contribution in [3.05, 3.63) is 24.8 Å². The maximum Gasteiger partial charge on any atom is 0.0385 e. The summed E-state index contributed by atoms with van der Waals surface area (Å²) in [5, 5.41) is 0. The van der Waals surface area contributed by atoms with Gasteiger partial charge in [-0.3, -0.25) is 4.99 Å². The standard InChI is InChI=1S/C10H17N/c1-3-5-6-7-8-9-10-11-4-2/h3-6H,1,7-10H2,2H3/b6-5+,11-4?. The lowest BCUT2D eigenvalue weighted by Crippen LogP contribution is -1.80. The molecule has 0 aromatic heterocycles. The molecule has 0 N–H and O–H groups in total. The fourth-order valence-corrected chi connectivity index (χ4v) is 0.787. The molecule has 0 amide bonds. The van der Waals surface area contributed by atoms with Crippen molar-refractivity contribution in [1.82, 2.24) is 0 Å². The second-order valence-electron chi connectivity index (χ2n) is 2.32. The molecule has 62 valence electrons. The fraction of sp³-hybridized carbons (Fsp3) is 0.500. The maximum atomic E-state index is 4.12. The second kappa shape index (κ2) is 9.15. The molecule has 0 atom stereocenters. The van der Waals surface area contributed by atoms with Gasteiger partial charge in [0.05, 0.1) is 0 Å². The zero-order chi connectivity index (χ0) is 8.36. The summed E-state index contributed by atoms with van der Waals surface area (Å²) in [5.74, 6) is 0. The first-order chi connectivity index (χ1) is 5.41. The van der Waals surface area contributed by atoms with Gasteiger partial charge < -0.3 is 0 Å². The van der Waals surface area contributed by atoms with Crippen molar-refractivity contribution in [2.75, 3.05) is 6.54 Å². The molecule has 0 unspecified atom stereocenters. The third-order valence-electron chi connectivity index (χ3n) is 1.36. The highest BCUT2D eigenvalue weighted by molar-refractivity contribution is 5.53. The number of rotatable bonds is 6. The Kier molecular flexibility index (Phi) is 8.44. The molecule has 0 rings (SSSR count). The largest absolute Gasteiger partial charge is 0.298 e. The van der Waals surface area contributed by atoms with E-state index in [4.69, 9.17) is 0 Å². The van der Waals surface area contributed by atoms with Crippen LogP contribution in [-0.4, -0.2) is 12.8 Å². The Hall–Kier alpha value is -0.850. The zero-order valence-corrected chi connectivity index (χ0v) is 7.29. The number of hydrogen-bond acceptors (Lipinski definition) is 1. The summed E-state index contributed by atoms with van der Waals surface area (Å²) in [6.45, 7) is 6.52. The molecule has 1 nitrogen and oxygen atoms in total. The van der Waals surface area contributed by atoms with Gasteiger partial charge in [0.2, 0.25) is 0 Å². The number of allylic oxidation sites excluding steroid dienone is 3. The van der Waals surface area contributed by atoms with Crippen LogP contribution in [0.4, 0.5) is 0 Å². The number of nitrogens with zero attached hydrogens (tertiary/aromatic N) is 1. The summed E-state index contributed by atoms with van der Waals surface area (Å²) in [5.41, 5.74) is 0. The van der Waals surface area contributed by atoms with E-state index >= 15 is 0 Å². The van der Waals surface area contributed by atoms with Crippen LogP contribution < -0.4 is 0 Å². The minimum absolute atomic E-state index is 0.971. The minimum Gasteiger partial charge on any atom is -0.298 e. The Morgan fingerprint density at radius 2 is 2.18 bits per heavy atom. The van der Waals surface area contributed by atoms with Crippen LogP contribution in [0.15, 0.2) is 29.8 Å². The van der Waals surface area contributed by atoms with Crippen LogP contribution in [0.2, 0.25) is 0 Å². The molecule has 0 fully saturated rings. The molecule has 0 spiro atoms. The van der Waals surface area contributed by atoms with Crippen LogP contribution in [0.5, 0.6) is 0 Å². The van der Waals surface area contributed by atoms with E-state index in [0.717, 1.165) is 13.0 Å². The highest BCUT2D eigenvalue weighted by Crippen LogP contribution is 1.96. The van der Waals surface area contributed by atoms with Crippen molar-refractivity contribution in [2.45, 2.75) is 26.2 Å². The Morgan fingerprint density at radius 1 is 1.36 bits per heavy atom. The summed E-state index contributed by atoms with van der Waals surface area (Å²) < 4.78 is 0. The molecular formula is C10H17N. The first kappa shape index (κ1) is 10.2. The van der Waals surface area contributed by atoms with Crippen LogP contribution >= 0.6 is 0 Å². The molecule has 0 aliphatic heterocycles. The van der Waals surface area contributed by atoms with Gasteiger partial charge in [0.15, 0.2) is 0 Å². The summed E-state index contributed by atoms with van der Waals surface area (Å²) in [6.07, 6.45) is 11.4. The molecule has 0 heterocycles. The number of aliphatic imine (C=N–C) groups is 1. The minimum atomic E-state index is 0.971. The smallest absolute Gasteiger partial charge is 0.0385 e. The van der Waals surface area contributed by atoms with Gasteiger partial charge in [-0.05, 0) is 32.4 Å². The van der Waals surface area contributed by atoms with Crippen molar-refractivity contribution in [2.24, 2.45) is 4.99 Å². The van der Waals surface area contributed by atoms with Gasteiger partial charge in [-0.1, -0.05) is 24.8 Å². The molecule has 0 aromatic rings. The average Bonchev–Trinajstić information content (AvgIpc) is 2.03. The lowest BCUT2D eigenvalue weighted by Gasteiger charge is -1.91. The predicted octanol–water partition coefficient (Wildman–Crippen LogP) is 2.99. The quantitative estimate of drug-likeness (QED) is 0.314. The van der Waals surface area contributed by atoms with E-state index in [-0.39, 0.29) is 0 Å². The van der Waals surface area contributed by atoms with Gasteiger partial charge in [-0.15, -0.1) is 0 Å². The molecule has 0 aliphatic rings. The molecular weight excluding hydrogens is 134 g/mol. The first-order valence-corrected chi connectivity index (χ1v) is 4.13. The third kappa shape index (κ3) is 9.15. The molecule has 0 saturated carbocycles. The van der Waals surface area contributed by atoms with E-state index in [2.05, 4.69) is 17.6 Å². The summed E-state index contributed by atoms with van der Waals surface area (Å²) in [7, 11) is 0. The lowest BCUT2D eigenvalue weighted by molar-refractivity contribution is 0.761.